The maximum Gasteiger partial charge on any atom is 0.337 e. The highest BCUT2D eigenvalue weighted by Crippen LogP contribution is 2.26. The topological polar surface area (TPSA) is 93.7 Å². The molecule has 2 aromatic rings. The van der Waals surface area contributed by atoms with Gasteiger partial charge >= 0.3 is 5.97 Å². The maximum absolute atomic E-state index is 13.0. The molecule has 8 heteroatoms. The molecule has 0 aromatic heterocycles. The lowest BCUT2D eigenvalue weighted by Crippen LogP contribution is -2.17. The molecule has 0 saturated heterocycles. The molecule has 0 radical (unpaired) electrons. The zero-order valence-corrected chi connectivity index (χ0v) is 18.0. The van der Waals surface area contributed by atoms with Crippen LogP contribution in [0.1, 0.15) is 36.2 Å². The van der Waals surface area contributed by atoms with Crippen molar-refractivity contribution in [3.8, 4) is 0 Å². The van der Waals surface area contributed by atoms with E-state index in [4.69, 9.17) is 9.47 Å². The van der Waals surface area contributed by atoms with Gasteiger partial charge in [0.25, 0.3) is 10.0 Å². The SMILES string of the molecule is COC(=O)c1ccc(NCCCOC(C)C)c(S(=O)(=O)Nc2ccc(C)cc2)c1. The number of aryl methyl sites for hydroxylation is 1. The summed E-state index contributed by atoms with van der Waals surface area (Å²) in [6.07, 6.45) is 0.853. The molecule has 0 aliphatic heterocycles. The van der Waals surface area contributed by atoms with Gasteiger partial charge in [0.2, 0.25) is 0 Å². The van der Waals surface area contributed by atoms with Crippen LogP contribution in [0.2, 0.25) is 0 Å². The molecule has 0 fully saturated rings. The summed E-state index contributed by atoms with van der Waals surface area (Å²) in [5.41, 5.74) is 2.02. The molecule has 0 spiro atoms. The Labute approximate surface area is 172 Å². The predicted molar refractivity (Wildman–Crippen MR) is 114 cm³/mol. The highest BCUT2D eigenvalue weighted by molar-refractivity contribution is 7.92. The van der Waals surface area contributed by atoms with Crippen LogP contribution < -0.4 is 10.0 Å². The van der Waals surface area contributed by atoms with Crippen molar-refractivity contribution in [3.63, 3.8) is 0 Å². The summed E-state index contributed by atoms with van der Waals surface area (Å²) in [5, 5.41) is 3.12. The lowest BCUT2D eigenvalue weighted by molar-refractivity contribution is 0.0600. The molecule has 158 valence electrons. The number of anilines is 2. The van der Waals surface area contributed by atoms with Crippen molar-refractivity contribution in [2.24, 2.45) is 0 Å². The third-order valence-corrected chi connectivity index (χ3v) is 5.50. The van der Waals surface area contributed by atoms with E-state index >= 15 is 0 Å². The second-order valence-electron chi connectivity index (χ2n) is 6.87. The average Bonchev–Trinajstić information content (AvgIpc) is 2.68. The Hall–Kier alpha value is -2.58. The number of esters is 1. The van der Waals surface area contributed by atoms with E-state index in [9.17, 15) is 13.2 Å². The number of ether oxygens (including phenoxy) is 2. The van der Waals surface area contributed by atoms with Gasteiger partial charge in [-0.2, -0.15) is 0 Å². The van der Waals surface area contributed by atoms with E-state index in [0.29, 0.717) is 30.9 Å². The first-order chi connectivity index (χ1) is 13.7. The van der Waals surface area contributed by atoms with E-state index < -0.39 is 16.0 Å². The Bertz CT molecular complexity index is 925. The van der Waals surface area contributed by atoms with Gasteiger partial charge in [0.05, 0.1) is 24.5 Å². The smallest absolute Gasteiger partial charge is 0.337 e. The molecule has 2 rings (SSSR count). The Morgan fingerprint density at radius 1 is 1.10 bits per heavy atom. The van der Waals surface area contributed by atoms with Crippen molar-refractivity contribution < 1.29 is 22.7 Å². The monoisotopic (exact) mass is 420 g/mol. The Balaban J connectivity index is 2.26. The van der Waals surface area contributed by atoms with E-state index in [1.54, 1.807) is 18.2 Å². The normalized spacial score (nSPS) is 11.3. The maximum atomic E-state index is 13.0. The molecule has 2 aromatic carbocycles. The summed E-state index contributed by atoms with van der Waals surface area (Å²) >= 11 is 0. The van der Waals surface area contributed by atoms with Crippen LogP contribution in [0, 0.1) is 6.92 Å². The summed E-state index contributed by atoms with van der Waals surface area (Å²) in [4.78, 5) is 11.9. The van der Waals surface area contributed by atoms with E-state index in [0.717, 1.165) is 5.56 Å². The highest BCUT2D eigenvalue weighted by atomic mass is 32.2. The molecule has 0 amide bonds. The minimum atomic E-state index is -3.93. The van der Waals surface area contributed by atoms with E-state index in [-0.39, 0.29) is 16.6 Å². The molecule has 0 unspecified atom stereocenters. The predicted octanol–water partition coefficient (Wildman–Crippen LogP) is 3.81. The fraction of sp³-hybridized carbons (Fsp3) is 0.381. The van der Waals surface area contributed by atoms with Crippen molar-refractivity contribution >= 4 is 27.4 Å². The van der Waals surface area contributed by atoms with Crippen LogP contribution in [0.4, 0.5) is 11.4 Å². The summed E-state index contributed by atoms with van der Waals surface area (Å²) in [6.45, 7) is 6.93. The van der Waals surface area contributed by atoms with Crippen LogP contribution in [-0.2, 0) is 19.5 Å². The van der Waals surface area contributed by atoms with Crippen LogP contribution in [0.25, 0.3) is 0 Å². The van der Waals surface area contributed by atoms with Crippen molar-refractivity contribution in [2.45, 2.75) is 38.2 Å². The van der Waals surface area contributed by atoms with Crippen LogP contribution in [-0.4, -0.2) is 40.8 Å². The average molecular weight is 421 g/mol. The quantitative estimate of drug-likeness (QED) is 0.448. The van der Waals surface area contributed by atoms with Crippen LogP contribution in [0.15, 0.2) is 47.4 Å². The number of hydrogen-bond acceptors (Lipinski definition) is 6. The molecular weight excluding hydrogens is 392 g/mol. The fourth-order valence-electron chi connectivity index (χ4n) is 2.58. The van der Waals surface area contributed by atoms with Crippen LogP contribution >= 0.6 is 0 Å². The molecule has 7 nitrogen and oxygen atoms in total. The van der Waals surface area contributed by atoms with Crippen molar-refractivity contribution in [3.05, 3.63) is 53.6 Å². The molecule has 0 saturated carbocycles. The summed E-state index contributed by atoms with van der Waals surface area (Å²) in [5.74, 6) is -0.603. The number of sulfonamides is 1. The van der Waals surface area contributed by atoms with Crippen molar-refractivity contribution in [1.29, 1.82) is 0 Å². The fourth-order valence-corrected chi connectivity index (χ4v) is 3.85. The third-order valence-electron chi connectivity index (χ3n) is 4.08. The van der Waals surface area contributed by atoms with Gasteiger partial charge in [-0.25, -0.2) is 13.2 Å². The zero-order valence-electron chi connectivity index (χ0n) is 17.2. The van der Waals surface area contributed by atoms with Gasteiger partial charge in [0, 0.05) is 18.8 Å². The van der Waals surface area contributed by atoms with Gasteiger partial charge in [-0.05, 0) is 57.5 Å². The lowest BCUT2D eigenvalue weighted by Gasteiger charge is -2.15. The largest absolute Gasteiger partial charge is 0.465 e. The molecule has 0 heterocycles. The molecule has 0 bridgehead atoms. The zero-order chi connectivity index (χ0) is 21.4. The van der Waals surface area contributed by atoms with Gasteiger partial charge in [-0.1, -0.05) is 17.7 Å². The van der Waals surface area contributed by atoms with Crippen molar-refractivity contribution in [2.75, 3.05) is 30.3 Å². The minimum absolute atomic E-state index is 0.0225. The highest BCUT2D eigenvalue weighted by Gasteiger charge is 2.21. The molecule has 29 heavy (non-hydrogen) atoms. The molecule has 0 atom stereocenters. The van der Waals surface area contributed by atoms with Crippen LogP contribution in [0.3, 0.4) is 0 Å². The summed E-state index contributed by atoms with van der Waals surface area (Å²) < 4.78 is 38.8. The first kappa shape index (κ1) is 22.7. The Morgan fingerprint density at radius 2 is 1.79 bits per heavy atom. The third kappa shape index (κ3) is 6.76. The van der Waals surface area contributed by atoms with Crippen LogP contribution in [0.5, 0.6) is 0 Å². The van der Waals surface area contributed by atoms with E-state index in [1.807, 2.05) is 32.9 Å². The second-order valence-corrected chi connectivity index (χ2v) is 8.52. The number of nitrogens with one attached hydrogen (secondary N) is 2. The molecule has 2 N–H and O–H groups in total. The van der Waals surface area contributed by atoms with E-state index in [1.165, 1.54) is 19.2 Å². The number of carbonyl (C=O) groups excluding carboxylic acids is 1. The van der Waals surface area contributed by atoms with Gasteiger partial charge in [-0.15, -0.1) is 0 Å². The minimum Gasteiger partial charge on any atom is -0.465 e. The van der Waals surface area contributed by atoms with Crippen molar-refractivity contribution in [1.82, 2.24) is 0 Å². The molecule has 0 aliphatic rings. The number of rotatable bonds is 10. The van der Waals surface area contributed by atoms with Gasteiger partial charge in [0.15, 0.2) is 0 Å². The van der Waals surface area contributed by atoms with Gasteiger partial charge in [-0.3, -0.25) is 4.72 Å². The lowest BCUT2D eigenvalue weighted by atomic mass is 10.2. The van der Waals surface area contributed by atoms with Gasteiger partial charge < -0.3 is 14.8 Å². The van der Waals surface area contributed by atoms with E-state index in [2.05, 4.69) is 10.0 Å². The number of benzene rings is 2. The second kappa shape index (κ2) is 10.3. The van der Waals surface area contributed by atoms with Gasteiger partial charge in [0.1, 0.15) is 4.90 Å². The standard InChI is InChI=1S/C21H28N2O5S/c1-15(2)28-13-5-12-22-19-11-8-17(21(24)27-4)14-20(19)29(25,26)23-18-9-6-16(3)7-10-18/h6-11,14-15,22-23H,5,12-13H2,1-4H3. The molecule has 0 aliphatic carbocycles. The number of methoxy groups -OCH3 is 1. The summed E-state index contributed by atoms with van der Waals surface area (Å²) in [7, 11) is -2.68. The summed E-state index contributed by atoms with van der Waals surface area (Å²) in [6, 6.07) is 11.4. The molecular formula is C21H28N2O5S. The number of hydrogen-bond donors (Lipinski definition) is 2. The Kier molecular flexibility index (Phi) is 8.04. The first-order valence-electron chi connectivity index (χ1n) is 9.40. The number of carbonyl (C=O) groups is 1. The Morgan fingerprint density at radius 3 is 2.41 bits per heavy atom. The first-order valence-corrected chi connectivity index (χ1v) is 10.9.